The van der Waals surface area contributed by atoms with Gasteiger partial charge < -0.3 is 30.3 Å². The van der Waals surface area contributed by atoms with Gasteiger partial charge in [-0.15, -0.1) is 0 Å². The Morgan fingerprint density at radius 2 is 0.729 bits per heavy atom. The van der Waals surface area contributed by atoms with Crippen LogP contribution in [-0.2, 0) is 53.6 Å². The van der Waals surface area contributed by atoms with E-state index in [-0.39, 0.29) is 46.5 Å². The summed E-state index contributed by atoms with van der Waals surface area (Å²) < 4.78 is 13.6. The second-order valence-corrected chi connectivity index (χ2v) is 25.1. The van der Waals surface area contributed by atoms with Crippen LogP contribution in [0.3, 0.4) is 0 Å². The fourth-order valence-corrected chi connectivity index (χ4v) is 10.6. The molecule has 2 saturated heterocycles. The molecule has 2 aliphatic heterocycles. The molecule has 2 aromatic rings. The normalized spacial score (nSPS) is 20.3. The van der Waals surface area contributed by atoms with Crippen LogP contribution >= 0.6 is 0 Å². The van der Waals surface area contributed by atoms with Crippen molar-refractivity contribution in [1.29, 1.82) is 0 Å². The van der Waals surface area contributed by atoms with Gasteiger partial charge in [0, 0.05) is 60.7 Å². The highest BCUT2D eigenvalue weighted by molar-refractivity contribution is 6.01. The highest BCUT2D eigenvalue weighted by Crippen LogP contribution is 2.47. The number of carbonyl (C=O) groups is 2. The molecule has 2 aromatic carbocycles. The van der Waals surface area contributed by atoms with Crippen molar-refractivity contribution in [2.45, 2.75) is 233 Å². The van der Waals surface area contributed by atoms with E-state index in [9.17, 15) is 10.2 Å². The number of phenols is 2. The van der Waals surface area contributed by atoms with Crippen molar-refractivity contribution in [3.63, 3.8) is 0 Å². The first kappa shape index (κ1) is 48.6. The second kappa shape index (κ2) is 15.7. The van der Waals surface area contributed by atoms with Gasteiger partial charge in [0.1, 0.15) is 23.7 Å². The van der Waals surface area contributed by atoms with E-state index >= 15 is 9.59 Å². The molecule has 4 N–H and O–H groups in total. The van der Waals surface area contributed by atoms with Gasteiger partial charge in [-0.2, -0.15) is 0 Å². The molecule has 0 aliphatic carbocycles. The van der Waals surface area contributed by atoms with Crippen LogP contribution in [0.25, 0.3) is 0 Å². The van der Waals surface area contributed by atoms with Crippen LogP contribution in [0.5, 0.6) is 11.5 Å². The quantitative estimate of drug-likeness (QED) is 0.154. The molecule has 0 bridgehead atoms. The number of piperidine rings is 2. The zero-order valence-corrected chi connectivity index (χ0v) is 40.7. The lowest BCUT2D eigenvalue weighted by atomic mass is 9.66. The summed E-state index contributed by atoms with van der Waals surface area (Å²) in [5.74, 6) is -0.925. The number of hydrogen-bond donors (Lipinski definition) is 4. The SMILES string of the molecule is CC1(C)CC(OC(=O)C(Cc2c(C(C)(C)C)cc(O)cc2C(C)(C)C)(Cc2c(C(C)(C)C)cc(O)cc2C(C)(C)C)C(=O)OC2CC(C)(C)NC(C)(C)C2)CC(C)(C)N1. The van der Waals surface area contributed by atoms with E-state index in [2.05, 4.69) is 149 Å². The average Bonchev–Trinajstić information content (AvgIpc) is 2.96. The number of phenolic OH excluding ortho intramolecular Hbond substituents is 2. The van der Waals surface area contributed by atoms with Gasteiger partial charge in [0.15, 0.2) is 5.41 Å². The summed E-state index contributed by atoms with van der Waals surface area (Å²) in [4.78, 5) is 32.1. The summed E-state index contributed by atoms with van der Waals surface area (Å²) in [7, 11) is 0. The maximum atomic E-state index is 16.0. The molecule has 59 heavy (non-hydrogen) atoms. The predicted octanol–water partition coefficient (Wildman–Crippen LogP) is 10.8. The largest absolute Gasteiger partial charge is 0.508 e. The molecule has 2 heterocycles. The van der Waals surface area contributed by atoms with Gasteiger partial charge in [-0.25, -0.2) is 0 Å². The lowest BCUT2D eigenvalue weighted by molar-refractivity contribution is -0.183. The fraction of sp³-hybridized carbons (Fsp3) is 0.725. The van der Waals surface area contributed by atoms with Gasteiger partial charge in [-0.3, -0.25) is 9.59 Å². The summed E-state index contributed by atoms with van der Waals surface area (Å²) in [5, 5.41) is 30.0. The fourth-order valence-electron chi connectivity index (χ4n) is 10.6. The number of ether oxygens (including phenoxy) is 2. The van der Waals surface area contributed by atoms with Crippen molar-refractivity contribution < 1.29 is 29.3 Å². The highest BCUT2D eigenvalue weighted by atomic mass is 16.6. The van der Waals surface area contributed by atoms with E-state index in [1.54, 1.807) is 24.3 Å². The van der Waals surface area contributed by atoms with Crippen LogP contribution in [0.1, 0.15) is 198 Å². The van der Waals surface area contributed by atoms with Gasteiger partial charge in [-0.05, 0) is 135 Å². The van der Waals surface area contributed by atoms with Crippen LogP contribution in [-0.4, -0.2) is 56.5 Å². The van der Waals surface area contributed by atoms with E-state index in [4.69, 9.17) is 9.47 Å². The van der Waals surface area contributed by atoms with Gasteiger partial charge >= 0.3 is 11.9 Å². The third-order valence-corrected chi connectivity index (χ3v) is 12.3. The van der Waals surface area contributed by atoms with Gasteiger partial charge in [0.25, 0.3) is 0 Å². The third-order valence-electron chi connectivity index (χ3n) is 12.3. The average molecular weight is 819 g/mol. The van der Waals surface area contributed by atoms with Crippen molar-refractivity contribution in [1.82, 2.24) is 10.6 Å². The number of benzene rings is 2. The van der Waals surface area contributed by atoms with Crippen LogP contribution in [0.15, 0.2) is 24.3 Å². The number of hydrogen-bond acceptors (Lipinski definition) is 8. The van der Waals surface area contributed by atoms with E-state index < -0.39 is 51.2 Å². The Hall–Kier alpha value is -3.10. The second-order valence-electron chi connectivity index (χ2n) is 25.1. The van der Waals surface area contributed by atoms with Crippen LogP contribution in [0.4, 0.5) is 0 Å². The Morgan fingerprint density at radius 3 is 0.932 bits per heavy atom. The molecule has 8 heteroatoms. The van der Waals surface area contributed by atoms with Crippen molar-refractivity contribution in [3.05, 3.63) is 57.6 Å². The minimum Gasteiger partial charge on any atom is -0.508 e. The first-order valence-corrected chi connectivity index (χ1v) is 22.0. The van der Waals surface area contributed by atoms with Crippen LogP contribution in [0, 0.1) is 5.41 Å². The molecule has 0 aromatic heterocycles. The Balaban J connectivity index is 2.17. The number of esters is 2. The van der Waals surface area contributed by atoms with E-state index in [1.807, 2.05) is 0 Å². The van der Waals surface area contributed by atoms with E-state index in [1.165, 1.54) is 0 Å². The smallest absolute Gasteiger partial charge is 0.324 e. The zero-order chi connectivity index (χ0) is 45.3. The zero-order valence-electron chi connectivity index (χ0n) is 40.7. The number of aromatic hydroxyl groups is 2. The van der Waals surface area contributed by atoms with Crippen molar-refractivity contribution >= 4 is 11.9 Å². The molecular formula is C51H82N2O6. The molecule has 332 valence electrons. The van der Waals surface area contributed by atoms with Gasteiger partial charge in [0.2, 0.25) is 0 Å². The minimum absolute atomic E-state index is 0.00624. The third kappa shape index (κ3) is 11.6. The maximum absolute atomic E-state index is 16.0. The van der Waals surface area contributed by atoms with Crippen molar-refractivity contribution in [2.75, 3.05) is 0 Å². The molecule has 8 nitrogen and oxygen atoms in total. The lowest BCUT2D eigenvalue weighted by Gasteiger charge is -2.47. The van der Waals surface area contributed by atoms with Gasteiger partial charge in [-0.1, -0.05) is 83.1 Å². The standard InChI is InChI=1S/C51H82N2O6/c1-43(2,3)37-21-31(54)22-38(44(4,5)6)35(37)29-51(41(56)58-33-25-47(13,14)52-48(15,16)26-33,42(57)59-34-27-49(17,18)53-50(19,20)28-34)30-36-39(45(7,8)9)23-32(55)24-40(36)46(10,11)12/h21-24,33-34,52-55H,25-30H2,1-20H3. The number of rotatable bonds is 8. The predicted molar refractivity (Wildman–Crippen MR) is 242 cm³/mol. The Kier molecular flexibility index (Phi) is 12.9. The number of carbonyl (C=O) groups excluding carboxylic acids is 2. The Bertz CT molecular complexity index is 1650. The summed E-state index contributed by atoms with van der Waals surface area (Å²) in [6.45, 7) is 42.2. The first-order chi connectivity index (χ1) is 26.3. The lowest BCUT2D eigenvalue weighted by Crippen LogP contribution is -2.61. The molecule has 0 saturated carbocycles. The molecular weight excluding hydrogens is 737 g/mol. The topological polar surface area (TPSA) is 117 Å². The summed E-state index contributed by atoms with van der Waals surface area (Å²) in [6, 6.07) is 7.18. The molecule has 0 spiro atoms. The molecule has 0 atom stereocenters. The molecule has 0 amide bonds. The minimum atomic E-state index is -1.87. The van der Waals surface area contributed by atoms with E-state index in [0.29, 0.717) is 25.7 Å². The van der Waals surface area contributed by atoms with Crippen molar-refractivity contribution in [2.24, 2.45) is 5.41 Å². The summed E-state index contributed by atoms with van der Waals surface area (Å²) in [5.41, 5.74) is 0.0703. The molecule has 0 unspecified atom stereocenters. The summed E-state index contributed by atoms with van der Waals surface area (Å²) >= 11 is 0. The monoisotopic (exact) mass is 819 g/mol. The van der Waals surface area contributed by atoms with E-state index in [0.717, 1.165) is 33.4 Å². The summed E-state index contributed by atoms with van der Waals surface area (Å²) in [6.07, 6.45) is 1.34. The molecule has 2 aliphatic rings. The van der Waals surface area contributed by atoms with Gasteiger partial charge in [0.05, 0.1) is 0 Å². The Morgan fingerprint density at radius 1 is 0.508 bits per heavy atom. The maximum Gasteiger partial charge on any atom is 0.324 e. The van der Waals surface area contributed by atoms with Crippen LogP contribution in [0.2, 0.25) is 0 Å². The number of nitrogens with one attached hydrogen (secondary N) is 2. The highest BCUT2D eigenvalue weighted by Gasteiger charge is 2.55. The molecule has 4 rings (SSSR count). The van der Waals surface area contributed by atoms with Crippen molar-refractivity contribution in [3.8, 4) is 11.5 Å². The first-order valence-electron chi connectivity index (χ1n) is 22.0. The Labute approximate surface area is 358 Å². The van der Waals surface area contributed by atoms with Crippen LogP contribution < -0.4 is 10.6 Å². The molecule has 0 radical (unpaired) electrons. The molecule has 2 fully saturated rings.